The van der Waals surface area contributed by atoms with Gasteiger partial charge in [-0.05, 0) is 48.7 Å². The van der Waals surface area contributed by atoms with E-state index in [1.54, 1.807) is 18.3 Å². The van der Waals surface area contributed by atoms with E-state index >= 15 is 0 Å². The highest BCUT2D eigenvalue weighted by molar-refractivity contribution is 6.33. The molecule has 0 spiro atoms. The third-order valence-corrected chi connectivity index (χ3v) is 6.36. The second kappa shape index (κ2) is 8.70. The SMILES string of the molecule is Cc1cccc(N2CCN(c3cnn(Cc4ccc(Cl)cc4)c(=O)c3Cl)CC2)c1C. The van der Waals surface area contributed by atoms with E-state index in [4.69, 9.17) is 23.2 Å². The second-order valence-electron chi connectivity index (χ2n) is 7.63. The Kier molecular flexibility index (Phi) is 6.02. The molecule has 1 saturated heterocycles. The van der Waals surface area contributed by atoms with E-state index in [0.29, 0.717) is 17.3 Å². The monoisotopic (exact) mass is 442 g/mol. The summed E-state index contributed by atoms with van der Waals surface area (Å²) < 4.78 is 1.39. The first-order valence-electron chi connectivity index (χ1n) is 10.00. The summed E-state index contributed by atoms with van der Waals surface area (Å²) in [5.41, 5.74) is 5.26. The molecule has 7 heteroatoms. The predicted octanol–water partition coefficient (Wildman–Crippen LogP) is 4.54. The van der Waals surface area contributed by atoms with Crippen LogP contribution in [0.15, 0.2) is 53.5 Å². The van der Waals surface area contributed by atoms with Gasteiger partial charge in [0.1, 0.15) is 5.02 Å². The molecule has 1 aliphatic heterocycles. The fraction of sp³-hybridized carbons (Fsp3) is 0.304. The van der Waals surface area contributed by atoms with Crippen molar-refractivity contribution in [3.8, 4) is 0 Å². The summed E-state index contributed by atoms with van der Waals surface area (Å²) in [7, 11) is 0. The second-order valence-corrected chi connectivity index (χ2v) is 8.44. The zero-order chi connectivity index (χ0) is 21.3. The molecule has 5 nitrogen and oxygen atoms in total. The number of halogens is 2. The van der Waals surface area contributed by atoms with Crippen molar-refractivity contribution < 1.29 is 0 Å². The van der Waals surface area contributed by atoms with Gasteiger partial charge in [0.05, 0.1) is 18.4 Å². The molecule has 30 heavy (non-hydrogen) atoms. The minimum Gasteiger partial charge on any atom is -0.368 e. The van der Waals surface area contributed by atoms with Gasteiger partial charge in [0, 0.05) is 36.9 Å². The van der Waals surface area contributed by atoms with Gasteiger partial charge in [-0.15, -0.1) is 0 Å². The summed E-state index contributed by atoms with van der Waals surface area (Å²) >= 11 is 12.4. The van der Waals surface area contributed by atoms with Gasteiger partial charge in [-0.3, -0.25) is 4.79 Å². The van der Waals surface area contributed by atoms with Crippen molar-refractivity contribution in [2.75, 3.05) is 36.0 Å². The molecule has 4 rings (SSSR count). The lowest BCUT2D eigenvalue weighted by Crippen LogP contribution is -2.47. The summed E-state index contributed by atoms with van der Waals surface area (Å²) in [4.78, 5) is 17.3. The van der Waals surface area contributed by atoms with Gasteiger partial charge >= 0.3 is 0 Å². The molecule has 1 fully saturated rings. The number of hydrogen-bond donors (Lipinski definition) is 0. The Hall–Kier alpha value is -2.50. The van der Waals surface area contributed by atoms with Crippen LogP contribution in [0.4, 0.5) is 11.4 Å². The molecule has 0 amide bonds. The molecule has 0 unspecified atom stereocenters. The number of aromatic nitrogens is 2. The van der Waals surface area contributed by atoms with Crippen LogP contribution < -0.4 is 15.4 Å². The normalized spacial score (nSPS) is 14.3. The van der Waals surface area contributed by atoms with Crippen LogP contribution in [-0.4, -0.2) is 36.0 Å². The molecule has 0 radical (unpaired) electrons. The van der Waals surface area contributed by atoms with Crippen LogP contribution in [-0.2, 0) is 6.54 Å². The number of anilines is 2. The minimum absolute atomic E-state index is 0.221. The molecule has 0 N–H and O–H groups in total. The van der Waals surface area contributed by atoms with Crippen LogP contribution in [0.2, 0.25) is 10.0 Å². The molecule has 1 aromatic heterocycles. The van der Waals surface area contributed by atoms with Crippen molar-refractivity contribution in [1.82, 2.24) is 9.78 Å². The van der Waals surface area contributed by atoms with E-state index in [9.17, 15) is 4.79 Å². The lowest BCUT2D eigenvalue weighted by Gasteiger charge is -2.38. The highest BCUT2D eigenvalue weighted by Gasteiger charge is 2.22. The molecule has 1 aliphatic rings. The number of piperazine rings is 1. The summed E-state index contributed by atoms with van der Waals surface area (Å²) in [6.07, 6.45) is 1.70. The summed E-state index contributed by atoms with van der Waals surface area (Å²) in [6.45, 7) is 7.97. The Bertz CT molecular complexity index is 1100. The van der Waals surface area contributed by atoms with Crippen molar-refractivity contribution in [1.29, 1.82) is 0 Å². The highest BCUT2D eigenvalue weighted by Crippen LogP contribution is 2.27. The largest absolute Gasteiger partial charge is 0.368 e. The summed E-state index contributed by atoms with van der Waals surface area (Å²) in [5, 5.41) is 5.25. The lowest BCUT2D eigenvalue weighted by atomic mass is 10.1. The Labute approximate surface area is 186 Å². The van der Waals surface area contributed by atoms with Crippen molar-refractivity contribution in [2.45, 2.75) is 20.4 Å². The van der Waals surface area contributed by atoms with Crippen LogP contribution >= 0.6 is 23.2 Å². The van der Waals surface area contributed by atoms with Gasteiger partial charge < -0.3 is 9.80 Å². The Morgan fingerprint density at radius 2 is 1.53 bits per heavy atom. The molecule has 2 heterocycles. The molecule has 3 aromatic rings. The Morgan fingerprint density at radius 1 is 0.900 bits per heavy atom. The molecule has 0 saturated carbocycles. The maximum absolute atomic E-state index is 12.8. The summed E-state index contributed by atoms with van der Waals surface area (Å²) in [6, 6.07) is 13.8. The maximum Gasteiger partial charge on any atom is 0.287 e. The maximum atomic E-state index is 12.8. The smallest absolute Gasteiger partial charge is 0.287 e. The number of nitrogens with zero attached hydrogens (tertiary/aromatic N) is 4. The molecule has 0 bridgehead atoms. The van der Waals surface area contributed by atoms with Crippen molar-refractivity contribution >= 4 is 34.6 Å². The van der Waals surface area contributed by atoms with Gasteiger partial charge in [-0.1, -0.05) is 47.5 Å². The molecular formula is C23H24Cl2N4O. The van der Waals surface area contributed by atoms with Crippen LogP contribution in [0.25, 0.3) is 0 Å². The zero-order valence-corrected chi connectivity index (χ0v) is 18.6. The first kappa shape index (κ1) is 20.8. The first-order valence-corrected chi connectivity index (χ1v) is 10.8. The van der Waals surface area contributed by atoms with E-state index in [2.05, 4.69) is 46.9 Å². The van der Waals surface area contributed by atoms with Crippen LogP contribution in [0.3, 0.4) is 0 Å². The van der Waals surface area contributed by atoms with Crippen molar-refractivity contribution in [2.24, 2.45) is 0 Å². The van der Waals surface area contributed by atoms with Gasteiger partial charge in [0.2, 0.25) is 0 Å². The van der Waals surface area contributed by atoms with E-state index in [-0.39, 0.29) is 10.6 Å². The number of benzene rings is 2. The fourth-order valence-corrected chi connectivity index (χ4v) is 4.21. The lowest BCUT2D eigenvalue weighted by molar-refractivity contribution is 0.622. The molecular weight excluding hydrogens is 419 g/mol. The van der Waals surface area contributed by atoms with E-state index < -0.39 is 0 Å². The van der Waals surface area contributed by atoms with Gasteiger partial charge in [-0.25, -0.2) is 4.68 Å². The number of hydrogen-bond acceptors (Lipinski definition) is 4. The van der Waals surface area contributed by atoms with Crippen LogP contribution in [0, 0.1) is 13.8 Å². The standard InChI is InChI=1S/C23H24Cl2N4O/c1-16-4-3-5-20(17(16)2)27-10-12-28(13-11-27)21-14-26-29(23(30)22(21)25)15-18-6-8-19(24)9-7-18/h3-9,14H,10-13,15H2,1-2H3. The third kappa shape index (κ3) is 4.18. The predicted molar refractivity (Wildman–Crippen MR) is 124 cm³/mol. The van der Waals surface area contributed by atoms with E-state index in [1.165, 1.54) is 21.5 Å². The fourth-order valence-electron chi connectivity index (χ4n) is 3.82. The topological polar surface area (TPSA) is 41.4 Å². The molecule has 2 aromatic carbocycles. The minimum atomic E-state index is -0.277. The van der Waals surface area contributed by atoms with Crippen LogP contribution in [0.1, 0.15) is 16.7 Å². The van der Waals surface area contributed by atoms with Crippen LogP contribution in [0.5, 0.6) is 0 Å². The number of rotatable bonds is 4. The average molecular weight is 443 g/mol. The van der Waals surface area contributed by atoms with Gasteiger partial charge in [0.15, 0.2) is 0 Å². The third-order valence-electron chi connectivity index (χ3n) is 5.75. The summed E-state index contributed by atoms with van der Waals surface area (Å²) in [5.74, 6) is 0. The molecule has 0 atom stereocenters. The highest BCUT2D eigenvalue weighted by atomic mass is 35.5. The van der Waals surface area contributed by atoms with E-state index in [1.807, 2.05) is 12.1 Å². The molecule has 156 valence electrons. The van der Waals surface area contributed by atoms with Gasteiger partial charge in [0.25, 0.3) is 5.56 Å². The van der Waals surface area contributed by atoms with Crippen molar-refractivity contribution in [3.63, 3.8) is 0 Å². The van der Waals surface area contributed by atoms with Gasteiger partial charge in [-0.2, -0.15) is 5.10 Å². The quantitative estimate of drug-likeness (QED) is 0.594. The Morgan fingerprint density at radius 3 is 2.20 bits per heavy atom. The van der Waals surface area contributed by atoms with Crippen molar-refractivity contribution in [3.05, 3.63) is 85.8 Å². The zero-order valence-electron chi connectivity index (χ0n) is 17.1. The van der Waals surface area contributed by atoms with E-state index in [0.717, 1.165) is 31.7 Å². The Balaban J connectivity index is 1.49. The number of aryl methyl sites for hydroxylation is 1. The molecule has 0 aliphatic carbocycles. The first-order chi connectivity index (χ1) is 14.4. The average Bonchev–Trinajstić information content (AvgIpc) is 2.75.